The molecule has 0 saturated carbocycles. The number of hydrogen-bond donors (Lipinski definition) is 0. The van der Waals surface area contributed by atoms with Crippen molar-refractivity contribution in [2.45, 2.75) is 12.5 Å². The molecule has 92 valence electrons. The third kappa shape index (κ3) is 2.87. The quantitative estimate of drug-likeness (QED) is 0.805. The van der Waals surface area contributed by atoms with Gasteiger partial charge in [0.15, 0.2) is 17.4 Å². The first-order valence-corrected chi connectivity index (χ1v) is 5.33. The van der Waals surface area contributed by atoms with E-state index in [0.29, 0.717) is 13.2 Å². The number of ether oxygens (including phenoxy) is 2. The second-order valence-corrected chi connectivity index (χ2v) is 3.79. The summed E-state index contributed by atoms with van der Waals surface area (Å²) < 4.78 is 36.5. The highest BCUT2D eigenvalue weighted by molar-refractivity contribution is 5.85. The highest BCUT2D eigenvalue weighted by Crippen LogP contribution is 2.14. The van der Waals surface area contributed by atoms with Crippen molar-refractivity contribution in [1.82, 2.24) is 0 Å². The van der Waals surface area contributed by atoms with Gasteiger partial charge < -0.3 is 9.47 Å². The SMILES string of the molecule is O=C(Cc1cccc(F)c1F)C1COCCO1. The Labute approximate surface area is 97.3 Å². The molecule has 3 nitrogen and oxygen atoms in total. The Hall–Kier alpha value is -1.33. The number of benzene rings is 1. The van der Waals surface area contributed by atoms with E-state index in [1.54, 1.807) is 0 Å². The lowest BCUT2D eigenvalue weighted by molar-refractivity contribution is -0.144. The molecule has 17 heavy (non-hydrogen) atoms. The monoisotopic (exact) mass is 242 g/mol. The smallest absolute Gasteiger partial charge is 0.168 e. The molecule has 1 aliphatic heterocycles. The van der Waals surface area contributed by atoms with Gasteiger partial charge in [0, 0.05) is 6.42 Å². The molecule has 5 heteroatoms. The Morgan fingerprint density at radius 2 is 2.18 bits per heavy atom. The second-order valence-electron chi connectivity index (χ2n) is 3.79. The number of ketones is 1. The van der Waals surface area contributed by atoms with E-state index in [-0.39, 0.29) is 24.4 Å². The van der Waals surface area contributed by atoms with Crippen LogP contribution in [0.1, 0.15) is 5.56 Å². The minimum absolute atomic E-state index is 0.0455. The summed E-state index contributed by atoms with van der Waals surface area (Å²) in [5.41, 5.74) is 0.0455. The molecule has 1 aromatic carbocycles. The number of carbonyl (C=O) groups is 1. The van der Waals surface area contributed by atoms with Crippen LogP contribution in [-0.2, 0) is 20.7 Å². The van der Waals surface area contributed by atoms with Crippen molar-refractivity contribution in [2.75, 3.05) is 19.8 Å². The van der Waals surface area contributed by atoms with E-state index in [2.05, 4.69) is 0 Å². The molecule has 1 aromatic rings. The van der Waals surface area contributed by atoms with Crippen LogP contribution in [0.5, 0.6) is 0 Å². The third-order valence-electron chi connectivity index (χ3n) is 2.57. The lowest BCUT2D eigenvalue weighted by atomic mass is 10.0. The molecule has 0 amide bonds. The van der Waals surface area contributed by atoms with E-state index >= 15 is 0 Å². The van der Waals surface area contributed by atoms with Crippen molar-refractivity contribution in [1.29, 1.82) is 0 Å². The average molecular weight is 242 g/mol. The molecule has 2 rings (SSSR count). The fourth-order valence-corrected chi connectivity index (χ4v) is 1.66. The lowest BCUT2D eigenvalue weighted by Crippen LogP contribution is -2.36. The second kappa shape index (κ2) is 5.33. The summed E-state index contributed by atoms with van der Waals surface area (Å²) in [5.74, 6) is -2.22. The topological polar surface area (TPSA) is 35.5 Å². The number of rotatable bonds is 3. The van der Waals surface area contributed by atoms with E-state index in [9.17, 15) is 13.6 Å². The minimum atomic E-state index is -0.974. The Balaban J connectivity index is 2.04. The molecule has 1 aliphatic rings. The molecule has 0 bridgehead atoms. The molecule has 0 aromatic heterocycles. The molecule has 1 fully saturated rings. The first kappa shape index (κ1) is 12.1. The average Bonchev–Trinajstić information content (AvgIpc) is 2.36. The Kier molecular flexibility index (Phi) is 3.81. The van der Waals surface area contributed by atoms with Crippen molar-refractivity contribution in [3.63, 3.8) is 0 Å². The van der Waals surface area contributed by atoms with Crippen molar-refractivity contribution >= 4 is 5.78 Å². The lowest BCUT2D eigenvalue weighted by Gasteiger charge is -2.21. The summed E-state index contributed by atoms with van der Waals surface area (Å²) in [5, 5.41) is 0. The van der Waals surface area contributed by atoms with Gasteiger partial charge in [0.05, 0.1) is 19.8 Å². The maximum atomic E-state index is 13.3. The number of halogens is 2. The van der Waals surface area contributed by atoms with Crippen LogP contribution >= 0.6 is 0 Å². The van der Waals surface area contributed by atoms with Crippen LogP contribution in [0, 0.1) is 11.6 Å². The summed E-state index contributed by atoms with van der Waals surface area (Å²) in [6.45, 7) is 0.982. The normalized spacial score (nSPS) is 20.2. The first-order valence-electron chi connectivity index (χ1n) is 5.33. The number of carbonyl (C=O) groups excluding carboxylic acids is 1. The van der Waals surface area contributed by atoms with E-state index in [4.69, 9.17) is 9.47 Å². The van der Waals surface area contributed by atoms with Crippen LogP contribution in [0.3, 0.4) is 0 Å². The van der Waals surface area contributed by atoms with Gasteiger partial charge >= 0.3 is 0 Å². The number of hydrogen-bond acceptors (Lipinski definition) is 3. The third-order valence-corrected chi connectivity index (χ3v) is 2.57. The predicted molar refractivity (Wildman–Crippen MR) is 55.6 cm³/mol. The maximum Gasteiger partial charge on any atom is 0.168 e. The Morgan fingerprint density at radius 1 is 1.35 bits per heavy atom. The summed E-state index contributed by atoms with van der Waals surface area (Å²) >= 11 is 0. The van der Waals surface area contributed by atoms with E-state index in [1.807, 2.05) is 0 Å². The molecule has 0 N–H and O–H groups in total. The predicted octanol–water partition coefficient (Wildman–Crippen LogP) is 1.49. The summed E-state index contributed by atoms with van der Waals surface area (Å²) in [6, 6.07) is 3.78. The Morgan fingerprint density at radius 3 is 2.88 bits per heavy atom. The van der Waals surface area contributed by atoms with Crippen molar-refractivity contribution in [3.05, 3.63) is 35.4 Å². The molecular weight excluding hydrogens is 230 g/mol. The fourth-order valence-electron chi connectivity index (χ4n) is 1.66. The van der Waals surface area contributed by atoms with E-state index in [1.165, 1.54) is 12.1 Å². The van der Waals surface area contributed by atoms with Gasteiger partial charge in [-0.1, -0.05) is 12.1 Å². The van der Waals surface area contributed by atoms with Gasteiger partial charge in [0.1, 0.15) is 6.10 Å². The molecular formula is C12H12F2O3. The molecule has 1 saturated heterocycles. The van der Waals surface area contributed by atoms with Crippen LogP contribution in [0.4, 0.5) is 8.78 Å². The number of Topliss-reactive ketones (excluding diaryl/α,β-unsaturated/α-hetero) is 1. The highest BCUT2D eigenvalue weighted by Gasteiger charge is 2.23. The molecule has 0 radical (unpaired) electrons. The van der Waals surface area contributed by atoms with Gasteiger partial charge in [0.2, 0.25) is 0 Å². The minimum Gasteiger partial charge on any atom is -0.376 e. The molecule has 0 aliphatic carbocycles. The molecule has 0 spiro atoms. The van der Waals surface area contributed by atoms with Gasteiger partial charge in [0.25, 0.3) is 0 Å². The zero-order valence-corrected chi connectivity index (χ0v) is 9.12. The van der Waals surface area contributed by atoms with Crippen LogP contribution in [0.2, 0.25) is 0 Å². The molecule has 1 unspecified atom stereocenters. The maximum absolute atomic E-state index is 13.3. The van der Waals surface area contributed by atoms with Gasteiger partial charge in [-0.2, -0.15) is 0 Å². The van der Waals surface area contributed by atoms with E-state index < -0.39 is 17.7 Å². The van der Waals surface area contributed by atoms with Crippen molar-refractivity contribution in [2.24, 2.45) is 0 Å². The summed E-state index contributed by atoms with van der Waals surface area (Å²) in [6.07, 6.45) is -0.858. The van der Waals surface area contributed by atoms with Gasteiger partial charge in [-0.15, -0.1) is 0 Å². The highest BCUT2D eigenvalue weighted by atomic mass is 19.2. The summed E-state index contributed by atoms with van der Waals surface area (Å²) in [4.78, 5) is 11.7. The first-order chi connectivity index (χ1) is 8.18. The van der Waals surface area contributed by atoms with Crippen LogP contribution < -0.4 is 0 Å². The van der Waals surface area contributed by atoms with Crippen LogP contribution in [-0.4, -0.2) is 31.7 Å². The van der Waals surface area contributed by atoms with Crippen molar-refractivity contribution < 1.29 is 23.0 Å². The molecule has 1 heterocycles. The van der Waals surface area contributed by atoms with Gasteiger partial charge in [-0.3, -0.25) is 4.79 Å². The van der Waals surface area contributed by atoms with E-state index in [0.717, 1.165) is 6.07 Å². The van der Waals surface area contributed by atoms with Crippen LogP contribution in [0.15, 0.2) is 18.2 Å². The zero-order valence-electron chi connectivity index (χ0n) is 9.12. The zero-order chi connectivity index (χ0) is 12.3. The van der Waals surface area contributed by atoms with Crippen molar-refractivity contribution in [3.8, 4) is 0 Å². The summed E-state index contributed by atoms with van der Waals surface area (Å²) in [7, 11) is 0. The van der Waals surface area contributed by atoms with Gasteiger partial charge in [-0.05, 0) is 11.6 Å². The standard InChI is InChI=1S/C12H12F2O3/c13-9-3-1-2-8(12(9)14)6-10(15)11-7-16-4-5-17-11/h1-3,11H,4-7H2. The fraction of sp³-hybridized carbons (Fsp3) is 0.417. The largest absolute Gasteiger partial charge is 0.376 e. The van der Waals surface area contributed by atoms with Crippen LogP contribution in [0.25, 0.3) is 0 Å². The van der Waals surface area contributed by atoms with Gasteiger partial charge in [-0.25, -0.2) is 8.78 Å². The molecule has 1 atom stereocenters. The Bertz CT molecular complexity index is 414.